The lowest BCUT2D eigenvalue weighted by molar-refractivity contribution is 0.100. The zero-order chi connectivity index (χ0) is 15.5. The molecule has 0 saturated heterocycles. The highest BCUT2D eigenvalue weighted by Gasteiger charge is 2.09. The molecule has 3 rings (SSSR count). The number of hydrogen-bond donors (Lipinski definition) is 2. The van der Waals surface area contributed by atoms with Gasteiger partial charge in [-0.05, 0) is 34.0 Å². The molecule has 0 radical (unpaired) electrons. The first-order valence-electron chi connectivity index (χ1n) is 6.87. The van der Waals surface area contributed by atoms with Crippen LogP contribution in [-0.4, -0.2) is 11.9 Å². The Morgan fingerprint density at radius 3 is 2.36 bits per heavy atom. The molecule has 0 aliphatic carbocycles. The van der Waals surface area contributed by atoms with Crippen molar-refractivity contribution in [2.45, 2.75) is 0 Å². The summed E-state index contributed by atoms with van der Waals surface area (Å²) < 4.78 is 0. The van der Waals surface area contributed by atoms with Crippen molar-refractivity contribution in [2.24, 2.45) is 16.5 Å². The number of nitrogens with two attached hydrogens (primary N) is 2. The van der Waals surface area contributed by atoms with Gasteiger partial charge in [-0.25, -0.2) is 0 Å². The first-order valence-corrected chi connectivity index (χ1v) is 6.87. The van der Waals surface area contributed by atoms with Gasteiger partial charge in [0.2, 0.25) is 0 Å². The molecule has 0 fully saturated rings. The molecular formula is C18H15N3O. The Morgan fingerprint density at radius 2 is 1.64 bits per heavy atom. The van der Waals surface area contributed by atoms with E-state index in [4.69, 9.17) is 11.5 Å². The van der Waals surface area contributed by atoms with Gasteiger partial charge in [0.25, 0.3) is 5.91 Å². The smallest absolute Gasteiger partial charge is 0.280 e. The lowest BCUT2D eigenvalue weighted by Gasteiger charge is -2.08. The van der Waals surface area contributed by atoms with Crippen LogP contribution in [0.1, 0.15) is 10.4 Å². The van der Waals surface area contributed by atoms with Crippen LogP contribution >= 0.6 is 0 Å². The lowest BCUT2D eigenvalue weighted by Crippen LogP contribution is -2.24. The summed E-state index contributed by atoms with van der Waals surface area (Å²) in [6.45, 7) is 0. The number of benzene rings is 3. The first-order chi connectivity index (χ1) is 10.6. The average molecular weight is 289 g/mol. The van der Waals surface area contributed by atoms with E-state index in [0.717, 1.165) is 21.9 Å². The number of guanidine groups is 1. The summed E-state index contributed by atoms with van der Waals surface area (Å²) in [6, 6.07) is 21.5. The van der Waals surface area contributed by atoms with Crippen LogP contribution in [0.2, 0.25) is 0 Å². The van der Waals surface area contributed by atoms with E-state index in [0.29, 0.717) is 5.56 Å². The monoisotopic (exact) mass is 289 g/mol. The number of fused-ring (bicyclic) bond motifs is 1. The van der Waals surface area contributed by atoms with Crippen molar-refractivity contribution in [1.82, 2.24) is 0 Å². The number of rotatable bonds is 2. The van der Waals surface area contributed by atoms with Crippen molar-refractivity contribution >= 4 is 22.6 Å². The molecule has 4 nitrogen and oxygen atoms in total. The van der Waals surface area contributed by atoms with Crippen LogP contribution in [-0.2, 0) is 0 Å². The molecule has 0 atom stereocenters. The summed E-state index contributed by atoms with van der Waals surface area (Å²) in [6.07, 6.45) is 0. The van der Waals surface area contributed by atoms with Gasteiger partial charge in [0.15, 0.2) is 5.96 Å². The predicted octanol–water partition coefficient (Wildman–Crippen LogP) is 2.92. The Bertz CT molecular complexity index is 866. The number of amides is 1. The second-order valence-corrected chi connectivity index (χ2v) is 4.95. The maximum atomic E-state index is 12.0. The normalized spacial score (nSPS) is 10.4. The summed E-state index contributed by atoms with van der Waals surface area (Å²) in [7, 11) is 0. The minimum absolute atomic E-state index is 0.235. The predicted molar refractivity (Wildman–Crippen MR) is 89.5 cm³/mol. The van der Waals surface area contributed by atoms with Crippen molar-refractivity contribution in [2.75, 3.05) is 0 Å². The van der Waals surface area contributed by atoms with Crippen molar-refractivity contribution in [3.8, 4) is 11.1 Å². The van der Waals surface area contributed by atoms with Gasteiger partial charge in [-0.1, -0.05) is 54.6 Å². The van der Waals surface area contributed by atoms with Crippen LogP contribution in [0.15, 0.2) is 71.7 Å². The molecule has 0 aromatic heterocycles. The first kappa shape index (κ1) is 13.8. The summed E-state index contributed by atoms with van der Waals surface area (Å²) in [5, 5.41) is 2.05. The van der Waals surface area contributed by atoms with Crippen LogP contribution in [0.25, 0.3) is 21.9 Å². The number of hydrogen-bond acceptors (Lipinski definition) is 1. The highest BCUT2D eigenvalue weighted by molar-refractivity contribution is 6.06. The minimum Gasteiger partial charge on any atom is -0.370 e. The van der Waals surface area contributed by atoms with Crippen LogP contribution in [0, 0.1) is 0 Å². The van der Waals surface area contributed by atoms with E-state index < -0.39 is 5.91 Å². The van der Waals surface area contributed by atoms with Gasteiger partial charge < -0.3 is 11.5 Å². The summed E-state index contributed by atoms with van der Waals surface area (Å²) in [5.74, 6) is -0.675. The van der Waals surface area contributed by atoms with Crippen molar-refractivity contribution in [3.05, 3.63) is 72.3 Å². The van der Waals surface area contributed by atoms with Gasteiger partial charge in [0.1, 0.15) is 0 Å². The third kappa shape index (κ3) is 2.67. The van der Waals surface area contributed by atoms with Crippen LogP contribution in [0.5, 0.6) is 0 Å². The van der Waals surface area contributed by atoms with Crippen molar-refractivity contribution in [1.29, 1.82) is 0 Å². The molecule has 0 aliphatic heterocycles. The Labute approximate surface area is 128 Å². The van der Waals surface area contributed by atoms with E-state index >= 15 is 0 Å². The number of aliphatic imine (C=N–C) groups is 1. The van der Waals surface area contributed by atoms with Crippen molar-refractivity contribution in [3.63, 3.8) is 0 Å². The summed E-state index contributed by atoms with van der Waals surface area (Å²) in [5.41, 5.74) is 13.2. The molecule has 108 valence electrons. The van der Waals surface area contributed by atoms with E-state index in [1.54, 1.807) is 6.07 Å². The Kier molecular flexibility index (Phi) is 3.58. The Balaban J connectivity index is 2.19. The molecule has 22 heavy (non-hydrogen) atoms. The molecule has 3 aromatic rings. The van der Waals surface area contributed by atoms with Gasteiger partial charge in [0.05, 0.1) is 0 Å². The fourth-order valence-corrected chi connectivity index (χ4v) is 2.46. The quantitative estimate of drug-likeness (QED) is 0.562. The van der Waals surface area contributed by atoms with Gasteiger partial charge in [-0.2, -0.15) is 4.99 Å². The molecule has 3 aromatic carbocycles. The third-order valence-electron chi connectivity index (χ3n) is 3.44. The van der Waals surface area contributed by atoms with Crippen molar-refractivity contribution < 1.29 is 4.79 Å². The Morgan fingerprint density at radius 1 is 0.864 bits per heavy atom. The molecular weight excluding hydrogens is 274 g/mol. The molecule has 0 saturated carbocycles. The zero-order valence-electron chi connectivity index (χ0n) is 11.9. The molecule has 4 N–H and O–H groups in total. The van der Waals surface area contributed by atoms with E-state index in [1.165, 1.54) is 0 Å². The maximum Gasteiger partial charge on any atom is 0.280 e. The fraction of sp³-hybridized carbons (Fsp3) is 0. The van der Waals surface area contributed by atoms with E-state index in [1.807, 2.05) is 60.7 Å². The largest absolute Gasteiger partial charge is 0.370 e. The molecule has 4 heteroatoms. The average Bonchev–Trinajstić information content (AvgIpc) is 2.54. The molecule has 0 aliphatic rings. The number of nitrogens with zero attached hydrogens (tertiary/aromatic N) is 1. The Hall–Kier alpha value is -3.14. The molecule has 1 amide bonds. The van der Waals surface area contributed by atoms with Crippen LogP contribution < -0.4 is 11.5 Å². The van der Waals surface area contributed by atoms with E-state index in [2.05, 4.69) is 4.99 Å². The number of carbonyl (C=O) groups excluding carboxylic acids is 1. The lowest BCUT2D eigenvalue weighted by atomic mass is 9.97. The highest BCUT2D eigenvalue weighted by Crippen LogP contribution is 2.29. The highest BCUT2D eigenvalue weighted by atomic mass is 16.1. The maximum absolute atomic E-state index is 12.0. The zero-order valence-corrected chi connectivity index (χ0v) is 11.9. The standard InChI is InChI=1S/C18H15N3O/c19-18(20)21-17(22)14-10-9-13-7-4-8-15(16(13)11-14)12-5-2-1-3-6-12/h1-11H,(H4,19,20,21,22). The van der Waals surface area contributed by atoms with Gasteiger partial charge >= 0.3 is 0 Å². The topological polar surface area (TPSA) is 81.5 Å². The number of carbonyl (C=O) groups is 1. The van der Waals surface area contributed by atoms with Gasteiger partial charge in [0, 0.05) is 5.56 Å². The molecule has 0 spiro atoms. The molecule has 0 heterocycles. The second-order valence-electron chi connectivity index (χ2n) is 4.95. The van der Waals surface area contributed by atoms with Gasteiger partial charge in [-0.15, -0.1) is 0 Å². The minimum atomic E-state index is -0.440. The summed E-state index contributed by atoms with van der Waals surface area (Å²) in [4.78, 5) is 15.6. The van der Waals surface area contributed by atoms with E-state index in [9.17, 15) is 4.79 Å². The SMILES string of the molecule is NC(N)=NC(=O)c1ccc2cccc(-c3ccccc3)c2c1. The summed E-state index contributed by atoms with van der Waals surface area (Å²) >= 11 is 0. The van der Waals surface area contributed by atoms with E-state index in [-0.39, 0.29) is 5.96 Å². The van der Waals surface area contributed by atoms with Gasteiger partial charge in [-0.3, -0.25) is 4.79 Å². The van der Waals surface area contributed by atoms with Crippen LogP contribution in [0.4, 0.5) is 0 Å². The second kappa shape index (κ2) is 5.69. The van der Waals surface area contributed by atoms with Crippen LogP contribution in [0.3, 0.4) is 0 Å². The molecule has 0 bridgehead atoms. The third-order valence-corrected chi connectivity index (χ3v) is 3.44. The fourth-order valence-electron chi connectivity index (χ4n) is 2.46. The molecule has 0 unspecified atom stereocenters.